The Morgan fingerprint density at radius 3 is 2.61 bits per heavy atom. The van der Waals surface area contributed by atoms with Crippen molar-refractivity contribution < 1.29 is 19.1 Å². The first kappa shape index (κ1) is 23.2. The van der Waals surface area contributed by atoms with E-state index in [1.807, 2.05) is 12.1 Å². The van der Waals surface area contributed by atoms with Gasteiger partial charge in [-0.05, 0) is 49.9 Å². The highest BCUT2D eigenvalue weighted by molar-refractivity contribution is 7.99. The third kappa shape index (κ3) is 6.28. The van der Waals surface area contributed by atoms with Crippen LogP contribution in [-0.4, -0.2) is 61.1 Å². The van der Waals surface area contributed by atoms with Crippen molar-refractivity contribution in [3.63, 3.8) is 0 Å². The van der Waals surface area contributed by atoms with Gasteiger partial charge in [0.15, 0.2) is 17.3 Å². The summed E-state index contributed by atoms with van der Waals surface area (Å²) in [5.41, 5.74) is 0.630. The Bertz CT molecular complexity index is 983. The number of amides is 2. The van der Waals surface area contributed by atoms with E-state index < -0.39 is 0 Å². The number of carbonyl (C=O) groups excluding carboxylic acids is 2. The highest BCUT2D eigenvalue weighted by Crippen LogP contribution is 2.30. The minimum Gasteiger partial charge on any atom is -0.493 e. The molecule has 10 heteroatoms. The van der Waals surface area contributed by atoms with Gasteiger partial charge in [0.1, 0.15) is 5.03 Å². The SMILES string of the molecule is COc1ccc(NC(=O)CSc2ccc(N3CCC[C@H](C(=O)NC4CC4)C3)nn2)cc1OC. The third-order valence-electron chi connectivity index (χ3n) is 5.68. The van der Waals surface area contributed by atoms with Crippen LogP contribution in [0.2, 0.25) is 0 Å². The van der Waals surface area contributed by atoms with Gasteiger partial charge in [-0.15, -0.1) is 10.2 Å². The molecule has 33 heavy (non-hydrogen) atoms. The fraction of sp³-hybridized carbons (Fsp3) is 0.478. The lowest BCUT2D eigenvalue weighted by molar-refractivity contribution is -0.125. The van der Waals surface area contributed by atoms with Gasteiger partial charge in [0.2, 0.25) is 11.8 Å². The monoisotopic (exact) mass is 471 g/mol. The largest absolute Gasteiger partial charge is 0.493 e. The van der Waals surface area contributed by atoms with Crippen LogP contribution in [-0.2, 0) is 9.59 Å². The number of piperidine rings is 1. The van der Waals surface area contributed by atoms with Gasteiger partial charge in [-0.3, -0.25) is 9.59 Å². The molecule has 1 aromatic carbocycles. The van der Waals surface area contributed by atoms with Gasteiger partial charge in [-0.25, -0.2) is 0 Å². The van der Waals surface area contributed by atoms with Crippen LogP contribution in [0.15, 0.2) is 35.4 Å². The maximum atomic E-state index is 12.4. The number of rotatable bonds is 9. The van der Waals surface area contributed by atoms with Crippen molar-refractivity contribution in [1.82, 2.24) is 15.5 Å². The smallest absolute Gasteiger partial charge is 0.234 e. The normalized spacial score (nSPS) is 17.9. The zero-order valence-electron chi connectivity index (χ0n) is 18.9. The summed E-state index contributed by atoms with van der Waals surface area (Å²) in [6.45, 7) is 1.52. The number of methoxy groups -OCH3 is 2. The van der Waals surface area contributed by atoms with Gasteiger partial charge in [0.05, 0.1) is 25.9 Å². The minimum absolute atomic E-state index is 0.00419. The van der Waals surface area contributed by atoms with E-state index in [-0.39, 0.29) is 23.5 Å². The number of benzene rings is 1. The molecule has 0 bridgehead atoms. The van der Waals surface area contributed by atoms with E-state index >= 15 is 0 Å². The molecule has 2 aromatic rings. The average Bonchev–Trinajstić information content (AvgIpc) is 3.67. The molecule has 2 aliphatic rings. The summed E-state index contributed by atoms with van der Waals surface area (Å²) < 4.78 is 10.5. The predicted octanol–water partition coefficient (Wildman–Crippen LogP) is 2.72. The van der Waals surface area contributed by atoms with Crippen molar-refractivity contribution in [1.29, 1.82) is 0 Å². The molecule has 9 nitrogen and oxygen atoms in total. The quantitative estimate of drug-likeness (QED) is 0.538. The highest BCUT2D eigenvalue weighted by Gasteiger charge is 2.31. The molecule has 1 aliphatic heterocycles. The van der Waals surface area contributed by atoms with Gasteiger partial charge in [0, 0.05) is 30.9 Å². The Balaban J connectivity index is 1.27. The Morgan fingerprint density at radius 1 is 1.09 bits per heavy atom. The molecule has 0 radical (unpaired) electrons. The standard InChI is InChI=1S/C23H29N5O4S/c1-31-18-8-7-17(12-19(18)32-2)24-21(29)14-33-22-10-9-20(26-27-22)28-11-3-4-15(13-28)23(30)25-16-5-6-16/h7-10,12,15-16H,3-6,11,13-14H2,1-2H3,(H,24,29)(H,25,30)/t15-/m0/s1. The van der Waals surface area contributed by atoms with Crippen LogP contribution in [0.1, 0.15) is 25.7 Å². The number of thioether (sulfide) groups is 1. The Labute approximate surface area is 197 Å². The summed E-state index contributed by atoms with van der Waals surface area (Å²) in [7, 11) is 3.11. The molecule has 1 saturated carbocycles. The molecule has 0 unspecified atom stereocenters. The maximum absolute atomic E-state index is 12.4. The van der Waals surface area contributed by atoms with Gasteiger partial charge < -0.3 is 25.0 Å². The van der Waals surface area contributed by atoms with E-state index in [2.05, 4.69) is 25.7 Å². The summed E-state index contributed by atoms with van der Waals surface area (Å²) >= 11 is 1.32. The van der Waals surface area contributed by atoms with Crippen LogP contribution >= 0.6 is 11.8 Å². The molecule has 2 fully saturated rings. The van der Waals surface area contributed by atoms with Crippen LogP contribution in [0.3, 0.4) is 0 Å². The summed E-state index contributed by atoms with van der Waals surface area (Å²) in [4.78, 5) is 26.9. The molecule has 1 atom stereocenters. The molecular weight excluding hydrogens is 442 g/mol. The van der Waals surface area contributed by atoms with Crippen LogP contribution in [0, 0.1) is 5.92 Å². The van der Waals surface area contributed by atoms with E-state index in [9.17, 15) is 9.59 Å². The fourth-order valence-corrected chi connectivity index (χ4v) is 4.37. The second-order valence-corrected chi connectivity index (χ2v) is 9.20. The van der Waals surface area contributed by atoms with Gasteiger partial charge >= 0.3 is 0 Å². The molecule has 1 aliphatic carbocycles. The van der Waals surface area contributed by atoms with Gasteiger partial charge in [-0.1, -0.05) is 11.8 Å². The molecule has 1 aromatic heterocycles. The van der Waals surface area contributed by atoms with Crippen molar-refractivity contribution in [2.45, 2.75) is 36.8 Å². The Kier molecular flexibility index (Phi) is 7.54. The molecule has 0 spiro atoms. The second kappa shape index (κ2) is 10.7. The molecule has 2 amide bonds. The topological polar surface area (TPSA) is 106 Å². The van der Waals surface area contributed by atoms with Crippen LogP contribution < -0.4 is 25.0 Å². The lowest BCUT2D eigenvalue weighted by atomic mass is 9.97. The first-order valence-corrected chi connectivity index (χ1v) is 12.1. The maximum Gasteiger partial charge on any atom is 0.234 e. The van der Waals surface area contributed by atoms with E-state index in [1.54, 1.807) is 32.4 Å². The zero-order valence-corrected chi connectivity index (χ0v) is 19.7. The second-order valence-electron chi connectivity index (χ2n) is 8.20. The molecule has 4 rings (SSSR count). The van der Waals surface area contributed by atoms with Crippen LogP contribution in [0.25, 0.3) is 0 Å². The summed E-state index contributed by atoms with van der Waals surface area (Å²) in [6, 6.07) is 9.37. The van der Waals surface area contributed by atoms with Crippen molar-refractivity contribution in [2.24, 2.45) is 5.92 Å². The number of hydrogen-bond acceptors (Lipinski definition) is 8. The molecular formula is C23H29N5O4S. The average molecular weight is 472 g/mol. The summed E-state index contributed by atoms with van der Waals surface area (Å²) in [5.74, 6) is 2.11. The number of ether oxygens (including phenoxy) is 2. The van der Waals surface area contributed by atoms with E-state index in [0.29, 0.717) is 34.8 Å². The van der Waals surface area contributed by atoms with Crippen LogP contribution in [0.4, 0.5) is 11.5 Å². The van der Waals surface area contributed by atoms with Crippen molar-refractivity contribution in [2.75, 3.05) is 43.3 Å². The minimum atomic E-state index is -0.154. The summed E-state index contributed by atoms with van der Waals surface area (Å²) in [5, 5.41) is 15.2. The summed E-state index contributed by atoms with van der Waals surface area (Å²) in [6.07, 6.45) is 4.06. The molecule has 176 valence electrons. The third-order valence-corrected chi connectivity index (χ3v) is 6.60. The Hall–Kier alpha value is -3.01. The number of anilines is 2. The number of nitrogens with zero attached hydrogens (tertiary/aromatic N) is 3. The lowest BCUT2D eigenvalue weighted by Crippen LogP contribution is -2.44. The van der Waals surface area contributed by atoms with Crippen molar-refractivity contribution in [3.8, 4) is 11.5 Å². The van der Waals surface area contributed by atoms with Crippen molar-refractivity contribution in [3.05, 3.63) is 30.3 Å². The van der Waals surface area contributed by atoms with Gasteiger partial charge in [-0.2, -0.15) is 0 Å². The lowest BCUT2D eigenvalue weighted by Gasteiger charge is -2.32. The predicted molar refractivity (Wildman–Crippen MR) is 127 cm³/mol. The molecule has 1 saturated heterocycles. The zero-order chi connectivity index (χ0) is 23.2. The molecule has 2 heterocycles. The van der Waals surface area contributed by atoms with Crippen molar-refractivity contribution >= 4 is 35.1 Å². The Morgan fingerprint density at radius 2 is 1.91 bits per heavy atom. The first-order valence-electron chi connectivity index (χ1n) is 11.1. The first-order chi connectivity index (χ1) is 16.1. The number of carbonyl (C=O) groups is 2. The molecule has 2 N–H and O–H groups in total. The number of nitrogens with one attached hydrogen (secondary N) is 2. The van der Waals surface area contributed by atoms with E-state index in [4.69, 9.17) is 9.47 Å². The van der Waals surface area contributed by atoms with E-state index in [0.717, 1.165) is 38.0 Å². The number of aromatic nitrogens is 2. The highest BCUT2D eigenvalue weighted by atomic mass is 32.2. The van der Waals surface area contributed by atoms with E-state index in [1.165, 1.54) is 11.8 Å². The van der Waals surface area contributed by atoms with Crippen LogP contribution in [0.5, 0.6) is 11.5 Å². The van der Waals surface area contributed by atoms with Gasteiger partial charge in [0.25, 0.3) is 0 Å². The number of hydrogen-bond donors (Lipinski definition) is 2. The fourth-order valence-electron chi connectivity index (χ4n) is 3.76.